The highest BCUT2D eigenvalue weighted by atomic mass is 32.1. The van der Waals surface area contributed by atoms with E-state index in [-0.39, 0.29) is 13.0 Å². The van der Waals surface area contributed by atoms with Crippen molar-refractivity contribution < 1.29 is 14.3 Å². The molecule has 0 fully saturated rings. The topological polar surface area (TPSA) is 112 Å². The molecule has 0 unspecified atom stereocenters. The van der Waals surface area contributed by atoms with Crippen LogP contribution in [0.4, 0.5) is 9.93 Å². The molecule has 8 nitrogen and oxygen atoms in total. The second kappa shape index (κ2) is 9.54. The van der Waals surface area contributed by atoms with E-state index in [0.717, 1.165) is 33.4 Å². The van der Waals surface area contributed by atoms with Crippen molar-refractivity contribution in [3.8, 4) is 0 Å². The summed E-state index contributed by atoms with van der Waals surface area (Å²) in [5.41, 5.74) is 2.70. The van der Waals surface area contributed by atoms with Gasteiger partial charge in [0.2, 0.25) is 11.0 Å². The molecule has 10 heteroatoms. The molecule has 2 heterocycles. The summed E-state index contributed by atoms with van der Waals surface area (Å²) >= 11 is 6.14. The Morgan fingerprint density at radius 2 is 1.90 bits per heavy atom. The molecule has 4 aromatic rings. The number of H-pyrrole nitrogens is 2. The SMILES string of the molecule is O=C(N[C@@H](Cc1c[nH]c2ccccc12)C(=O)Nc1n[nH]c(=S)s1)OCc1ccccc1. The largest absolute Gasteiger partial charge is 0.445 e. The fourth-order valence-corrected chi connectivity index (χ4v) is 3.90. The van der Waals surface area contributed by atoms with Crippen molar-refractivity contribution in [3.05, 3.63) is 75.9 Å². The first kappa shape index (κ1) is 20.8. The second-order valence-electron chi connectivity index (χ2n) is 6.73. The molecule has 0 aliphatic carbocycles. The Balaban J connectivity index is 1.49. The van der Waals surface area contributed by atoms with Crippen molar-refractivity contribution in [2.75, 3.05) is 5.32 Å². The number of carbonyl (C=O) groups excluding carboxylic acids is 2. The summed E-state index contributed by atoms with van der Waals surface area (Å²) < 4.78 is 5.74. The monoisotopic (exact) mass is 453 g/mol. The third kappa shape index (κ3) is 5.36. The van der Waals surface area contributed by atoms with Crippen LogP contribution in [0.25, 0.3) is 10.9 Å². The number of nitrogens with zero attached hydrogens (tertiary/aromatic N) is 1. The molecule has 4 N–H and O–H groups in total. The van der Waals surface area contributed by atoms with Gasteiger partial charge in [0.15, 0.2) is 3.95 Å². The average molecular weight is 454 g/mol. The summed E-state index contributed by atoms with van der Waals surface area (Å²) in [5.74, 6) is -0.417. The standard InChI is InChI=1S/C21H19N5O3S2/c27-18(24-19-25-26-21(30)31-19)17(10-14-11-22-16-9-5-4-8-15(14)16)23-20(28)29-12-13-6-2-1-3-7-13/h1-9,11,17,22H,10,12H2,(H,23,28)(H,26,30)(H,24,25,27)/t17-/m0/s1. The van der Waals surface area contributed by atoms with E-state index in [9.17, 15) is 9.59 Å². The van der Waals surface area contributed by atoms with Crippen molar-refractivity contribution in [2.45, 2.75) is 19.1 Å². The lowest BCUT2D eigenvalue weighted by Crippen LogP contribution is -2.45. The summed E-state index contributed by atoms with van der Waals surface area (Å²) in [4.78, 5) is 28.5. The van der Waals surface area contributed by atoms with Gasteiger partial charge in [0.25, 0.3) is 0 Å². The Morgan fingerprint density at radius 3 is 2.68 bits per heavy atom. The number of benzene rings is 2. The number of aromatic nitrogens is 3. The lowest BCUT2D eigenvalue weighted by molar-refractivity contribution is -0.118. The minimum atomic E-state index is -0.875. The van der Waals surface area contributed by atoms with E-state index in [4.69, 9.17) is 17.0 Å². The van der Waals surface area contributed by atoms with Gasteiger partial charge in [0, 0.05) is 23.5 Å². The van der Waals surface area contributed by atoms with Crippen LogP contribution in [0.2, 0.25) is 0 Å². The minimum absolute atomic E-state index is 0.106. The zero-order valence-corrected chi connectivity index (χ0v) is 17.9. The molecule has 0 aliphatic rings. The number of anilines is 1. The number of fused-ring (bicyclic) bond motifs is 1. The third-order valence-electron chi connectivity index (χ3n) is 4.59. The lowest BCUT2D eigenvalue weighted by Gasteiger charge is -2.17. The summed E-state index contributed by atoms with van der Waals surface area (Å²) in [7, 11) is 0. The van der Waals surface area contributed by atoms with Crippen LogP contribution in [0.5, 0.6) is 0 Å². The zero-order valence-electron chi connectivity index (χ0n) is 16.3. The Hall–Kier alpha value is -3.50. The van der Waals surface area contributed by atoms with Gasteiger partial charge in [0.05, 0.1) is 0 Å². The quantitative estimate of drug-likeness (QED) is 0.314. The number of ether oxygens (including phenoxy) is 1. The van der Waals surface area contributed by atoms with Crippen LogP contribution < -0.4 is 10.6 Å². The molecule has 2 aromatic heterocycles. The molecule has 0 bridgehead atoms. The number of alkyl carbamates (subject to hydrolysis) is 1. The fourth-order valence-electron chi connectivity index (χ4n) is 3.11. The van der Waals surface area contributed by atoms with Gasteiger partial charge >= 0.3 is 6.09 Å². The van der Waals surface area contributed by atoms with E-state index in [1.807, 2.05) is 60.8 Å². The predicted molar refractivity (Wildman–Crippen MR) is 121 cm³/mol. The van der Waals surface area contributed by atoms with Gasteiger partial charge in [-0.05, 0) is 29.4 Å². The van der Waals surface area contributed by atoms with Crippen molar-refractivity contribution in [1.82, 2.24) is 20.5 Å². The first-order valence-electron chi connectivity index (χ1n) is 9.47. The van der Waals surface area contributed by atoms with E-state index in [0.29, 0.717) is 9.09 Å². The van der Waals surface area contributed by atoms with Crippen molar-refractivity contribution in [2.24, 2.45) is 0 Å². The molecule has 2 amide bonds. The van der Waals surface area contributed by atoms with Crippen LogP contribution in [0.1, 0.15) is 11.1 Å². The predicted octanol–water partition coefficient (Wildman–Crippen LogP) is 4.16. The lowest BCUT2D eigenvalue weighted by atomic mass is 10.0. The second-order valence-corrected chi connectivity index (χ2v) is 8.40. The summed E-state index contributed by atoms with van der Waals surface area (Å²) in [6.45, 7) is 0.106. The van der Waals surface area contributed by atoms with Crippen LogP contribution in [0, 0.1) is 3.95 Å². The van der Waals surface area contributed by atoms with E-state index < -0.39 is 18.0 Å². The molecule has 0 saturated carbocycles. The molecule has 31 heavy (non-hydrogen) atoms. The third-order valence-corrected chi connectivity index (χ3v) is 5.59. The van der Waals surface area contributed by atoms with Gasteiger partial charge in [-0.1, -0.05) is 59.9 Å². The minimum Gasteiger partial charge on any atom is -0.445 e. The van der Waals surface area contributed by atoms with Gasteiger partial charge < -0.3 is 15.0 Å². The first-order chi connectivity index (χ1) is 15.1. The van der Waals surface area contributed by atoms with Crippen molar-refractivity contribution >= 4 is 51.6 Å². The Kier molecular flexibility index (Phi) is 6.39. The maximum atomic E-state index is 12.9. The first-order valence-corrected chi connectivity index (χ1v) is 10.7. The molecule has 0 radical (unpaired) electrons. The van der Waals surface area contributed by atoms with Crippen LogP contribution in [0.3, 0.4) is 0 Å². The highest BCUT2D eigenvalue weighted by Gasteiger charge is 2.24. The van der Waals surface area contributed by atoms with Gasteiger partial charge in [0.1, 0.15) is 12.6 Å². The van der Waals surface area contributed by atoms with Crippen LogP contribution in [-0.4, -0.2) is 33.2 Å². The number of aromatic amines is 2. The number of amides is 2. The number of nitrogens with one attached hydrogen (secondary N) is 4. The average Bonchev–Trinajstić information content (AvgIpc) is 3.38. The Labute approximate surface area is 186 Å². The Morgan fingerprint density at radius 1 is 1.13 bits per heavy atom. The van der Waals surface area contributed by atoms with E-state index in [1.165, 1.54) is 0 Å². The molecular formula is C21H19N5O3S2. The van der Waals surface area contributed by atoms with E-state index >= 15 is 0 Å². The molecule has 0 aliphatic heterocycles. The summed E-state index contributed by atoms with van der Waals surface area (Å²) in [5, 5.41) is 13.2. The van der Waals surface area contributed by atoms with Gasteiger partial charge in [-0.15, -0.1) is 5.10 Å². The molecule has 158 valence electrons. The zero-order chi connectivity index (χ0) is 21.6. The number of para-hydroxylation sites is 1. The van der Waals surface area contributed by atoms with Crippen molar-refractivity contribution in [3.63, 3.8) is 0 Å². The van der Waals surface area contributed by atoms with Crippen LogP contribution in [-0.2, 0) is 22.6 Å². The molecule has 4 rings (SSSR count). The number of hydrogen-bond acceptors (Lipinski definition) is 6. The molecular weight excluding hydrogens is 434 g/mol. The smallest absolute Gasteiger partial charge is 0.408 e. The molecule has 0 spiro atoms. The normalized spacial score (nSPS) is 11.7. The van der Waals surface area contributed by atoms with E-state index in [1.54, 1.807) is 0 Å². The van der Waals surface area contributed by atoms with Crippen molar-refractivity contribution in [1.29, 1.82) is 0 Å². The summed E-state index contributed by atoms with van der Waals surface area (Å²) in [6.07, 6.45) is 1.42. The fraction of sp³-hybridized carbons (Fsp3) is 0.143. The number of carbonyl (C=O) groups is 2. The number of hydrogen-bond donors (Lipinski definition) is 4. The maximum Gasteiger partial charge on any atom is 0.408 e. The highest BCUT2D eigenvalue weighted by Crippen LogP contribution is 2.20. The van der Waals surface area contributed by atoms with Crippen LogP contribution in [0.15, 0.2) is 60.8 Å². The molecule has 2 aromatic carbocycles. The van der Waals surface area contributed by atoms with Gasteiger partial charge in [-0.2, -0.15) is 0 Å². The highest BCUT2D eigenvalue weighted by molar-refractivity contribution is 7.73. The summed E-state index contributed by atoms with van der Waals surface area (Å²) in [6, 6.07) is 16.2. The van der Waals surface area contributed by atoms with Crippen LogP contribution >= 0.6 is 23.6 Å². The number of rotatable bonds is 7. The van der Waals surface area contributed by atoms with E-state index in [2.05, 4.69) is 25.8 Å². The molecule has 1 atom stereocenters. The van der Waals surface area contributed by atoms with Gasteiger partial charge in [-0.25, -0.2) is 4.79 Å². The van der Waals surface area contributed by atoms with Gasteiger partial charge in [-0.3, -0.25) is 15.2 Å². The Bertz CT molecular complexity index is 1250. The molecule has 0 saturated heterocycles. The maximum absolute atomic E-state index is 12.9.